The maximum Gasteiger partial charge on any atom is 0.273 e. The standard InChI is InChI=1S/C17H16Cl2N4O2/c1-9(13-8-23(3)21-10(13)2)20-17(24)15-7-16(25-22-15)12-5-4-11(18)6-14(12)19/h4-9H,1-3H3,(H,20,24). The minimum absolute atomic E-state index is 0.175. The lowest BCUT2D eigenvalue weighted by Crippen LogP contribution is -2.27. The predicted octanol–water partition coefficient (Wildman–Crippen LogP) is 4.18. The number of aromatic nitrogens is 3. The van der Waals surface area contributed by atoms with Crippen LogP contribution in [0.1, 0.15) is 34.7 Å². The number of hydrogen-bond acceptors (Lipinski definition) is 4. The molecule has 3 aromatic rings. The second-order valence-corrected chi connectivity index (χ2v) is 6.58. The number of halogens is 2. The van der Waals surface area contributed by atoms with Crippen molar-refractivity contribution in [2.75, 3.05) is 0 Å². The summed E-state index contributed by atoms with van der Waals surface area (Å²) in [5.74, 6) is 0.0628. The first kappa shape index (κ1) is 17.5. The fourth-order valence-corrected chi connectivity index (χ4v) is 3.09. The first-order valence-electron chi connectivity index (χ1n) is 7.58. The molecule has 0 aliphatic carbocycles. The van der Waals surface area contributed by atoms with Gasteiger partial charge in [-0.2, -0.15) is 5.10 Å². The van der Waals surface area contributed by atoms with Crippen molar-refractivity contribution in [1.82, 2.24) is 20.3 Å². The minimum Gasteiger partial charge on any atom is -0.355 e. The van der Waals surface area contributed by atoms with Gasteiger partial charge in [0.25, 0.3) is 5.91 Å². The monoisotopic (exact) mass is 378 g/mol. The molecule has 0 aliphatic rings. The zero-order chi connectivity index (χ0) is 18.1. The molecule has 0 saturated carbocycles. The van der Waals surface area contributed by atoms with Crippen LogP contribution >= 0.6 is 23.2 Å². The maximum absolute atomic E-state index is 12.4. The van der Waals surface area contributed by atoms with Gasteiger partial charge in [-0.3, -0.25) is 9.48 Å². The van der Waals surface area contributed by atoms with Crippen LogP contribution in [-0.2, 0) is 7.05 Å². The van der Waals surface area contributed by atoms with Crippen LogP contribution in [0.15, 0.2) is 35.0 Å². The molecule has 0 bridgehead atoms. The molecular formula is C17H16Cl2N4O2. The van der Waals surface area contributed by atoms with Crippen LogP contribution in [0, 0.1) is 6.92 Å². The van der Waals surface area contributed by atoms with Crippen molar-refractivity contribution in [3.8, 4) is 11.3 Å². The van der Waals surface area contributed by atoms with E-state index in [9.17, 15) is 4.79 Å². The summed E-state index contributed by atoms with van der Waals surface area (Å²) in [7, 11) is 1.84. The highest BCUT2D eigenvalue weighted by Gasteiger charge is 2.19. The molecule has 2 heterocycles. The van der Waals surface area contributed by atoms with E-state index in [0.29, 0.717) is 21.4 Å². The van der Waals surface area contributed by atoms with Gasteiger partial charge in [0.15, 0.2) is 11.5 Å². The van der Waals surface area contributed by atoms with Gasteiger partial charge in [0.05, 0.1) is 16.8 Å². The molecule has 130 valence electrons. The van der Waals surface area contributed by atoms with Crippen molar-refractivity contribution >= 4 is 29.1 Å². The Kier molecular flexibility index (Phi) is 4.83. The Hall–Kier alpha value is -2.31. The fraction of sp³-hybridized carbons (Fsp3) is 0.235. The second-order valence-electron chi connectivity index (χ2n) is 5.74. The molecule has 0 aliphatic heterocycles. The molecule has 0 radical (unpaired) electrons. The van der Waals surface area contributed by atoms with Crippen LogP contribution in [-0.4, -0.2) is 20.8 Å². The summed E-state index contributed by atoms with van der Waals surface area (Å²) < 4.78 is 6.97. The van der Waals surface area contributed by atoms with Crippen LogP contribution in [0.4, 0.5) is 0 Å². The molecule has 3 rings (SSSR count). The second kappa shape index (κ2) is 6.90. The largest absolute Gasteiger partial charge is 0.355 e. The van der Waals surface area contributed by atoms with Gasteiger partial charge >= 0.3 is 0 Å². The van der Waals surface area contributed by atoms with Crippen molar-refractivity contribution in [2.24, 2.45) is 7.05 Å². The van der Waals surface area contributed by atoms with E-state index < -0.39 is 0 Å². The van der Waals surface area contributed by atoms with Gasteiger partial charge < -0.3 is 9.84 Å². The normalized spacial score (nSPS) is 12.2. The summed E-state index contributed by atoms with van der Waals surface area (Å²) >= 11 is 12.0. The molecule has 2 aromatic heterocycles. The SMILES string of the molecule is Cc1nn(C)cc1C(C)NC(=O)c1cc(-c2ccc(Cl)cc2Cl)on1. The Balaban J connectivity index is 1.77. The van der Waals surface area contributed by atoms with Crippen molar-refractivity contribution in [3.05, 3.63) is 57.5 Å². The molecule has 1 aromatic carbocycles. The predicted molar refractivity (Wildman–Crippen MR) is 95.8 cm³/mol. The Morgan fingerprint density at radius 1 is 1.32 bits per heavy atom. The summed E-state index contributed by atoms with van der Waals surface area (Å²) in [6, 6.07) is 6.36. The molecule has 8 heteroatoms. The number of carbonyl (C=O) groups is 1. The Morgan fingerprint density at radius 3 is 2.72 bits per heavy atom. The number of rotatable bonds is 4. The smallest absolute Gasteiger partial charge is 0.273 e. The van der Waals surface area contributed by atoms with E-state index in [-0.39, 0.29) is 17.6 Å². The zero-order valence-corrected chi connectivity index (χ0v) is 15.4. The van der Waals surface area contributed by atoms with Crippen molar-refractivity contribution < 1.29 is 9.32 Å². The lowest BCUT2D eigenvalue weighted by molar-refractivity contribution is 0.0930. The summed E-state index contributed by atoms with van der Waals surface area (Å²) in [6.45, 7) is 3.79. The molecule has 0 spiro atoms. The topological polar surface area (TPSA) is 73.0 Å². The maximum atomic E-state index is 12.4. The molecule has 0 fully saturated rings. The number of carbonyl (C=O) groups excluding carboxylic acids is 1. The fourth-order valence-electron chi connectivity index (χ4n) is 2.59. The third-order valence-corrected chi connectivity index (χ3v) is 4.35. The van der Waals surface area contributed by atoms with Crippen molar-refractivity contribution in [2.45, 2.75) is 19.9 Å². The van der Waals surface area contributed by atoms with Crippen molar-refractivity contribution in [1.29, 1.82) is 0 Å². The first-order valence-corrected chi connectivity index (χ1v) is 8.34. The van der Waals surface area contributed by atoms with Gasteiger partial charge in [-0.1, -0.05) is 28.4 Å². The van der Waals surface area contributed by atoms with Gasteiger partial charge in [-0.05, 0) is 32.0 Å². The lowest BCUT2D eigenvalue weighted by Gasteiger charge is -2.11. The van der Waals surface area contributed by atoms with E-state index in [2.05, 4.69) is 15.6 Å². The summed E-state index contributed by atoms with van der Waals surface area (Å²) in [5.41, 5.74) is 2.60. The third kappa shape index (κ3) is 3.70. The lowest BCUT2D eigenvalue weighted by atomic mass is 10.1. The van der Waals surface area contributed by atoms with Crippen LogP contribution in [0.3, 0.4) is 0 Å². The number of nitrogens with one attached hydrogen (secondary N) is 1. The minimum atomic E-state index is -0.337. The van der Waals surface area contributed by atoms with Gasteiger partial charge in [0.1, 0.15) is 0 Å². The number of amides is 1. The average molecular weight is 379 g/mol. The van der Waals surface area contributed by atoms with Gasteiger partial charge in [-0.15, -0.1) is 0 Å². The molecule has 1 atom stereocenters. The number of benzene rings is 1. The Labute approximate surface area is 154 Å². The summed E-state index contributed by atoms with van der Waals surface area (Å²) in [4.78, 5) is 12.4. The van der Waals surface area contributed by atoms with E-state index in [1.807, 2.05) is 27.1 Å². The van der Waals surface area contributed by atoms with E-state index in [1.165, 1.54) is 0 Å². The average Bonchev–Trinajstić information content (AvgIpc) is 3.14. The van der Waals surface area contributed by atoms with E-state index >= 15 is 0 Å². The van der Waals surface area contributed by atoms with Crippen LogP contribution < -0.4 is 5.32 Å². The molecular weight excluding hydrogens is 363 g/mol. The molecule has 25 heavy (non-hydrogen) atoms. The molecule has 0 saturated heterocycles. The first-order chi connectivity index (χ1) is 11.8. The highest BCUT2D eigenvalue weighted by molar-refractivity contribution is 6.36. The van der Waals surface area contributed by atoms with Gasteiger partial charge in [0, 0.05) is 35.5 Å². The summed E-state index contributed by atoms with van der Waals surface area (Å²) in [6.07, 6.45) is 1.88. The number of aryl methyl sites for hydroxylation is 2. The third-order valence-electron chi connectivity index (χ3n) is 3.80. The van der Waals surface area contributed by atoms with Crippen LogP contribution in [0.2, 0.25) is 10.0 Å². The Morgan fingerprint density at radius 2 is 2.08 bits per heavy atom. The quantitative estimate of drug-likeness (QED) is 0.738. The van der Waals surface area contributed by atoms with Crippen LogP contribution in [0.25, 0.3) is 11.3 Å². The van der Waals surface area contributed by atoms with Gasteiger partial charge in [-0.25, -0.2) is 0 Å². The number of nitrogens with zero attached hydrogens (tertiary/aromatic N) is 3. The highest BCUT2D eigenvalue weighted by Crippen LogP contribution is 2.30. The van der Waals surface area contributed by atoms with Crippen LogP contribution in [0.5, 0.6) is 0 Å². The molecule has 1 N–H and O–H groups in total. The van der Waals surface area contributed by atoms with E-state index in [4.69, 9.17) is 27.7 Å². The Bertz CT molecular complexity index is 933. The molecule has 1 amide bonds. The molecule has 1 unspecified atom stereocenters. The highest BCUT2D eigenvalue weighted by atomic mass is 35.5. The van der Waals surface area contributed by atoms with E-state index in [1.54, 1.807) is 28.9 Å². The summed E-state index contributed by atoms with van der Waals surface area (Å²) in [5, 5.41) is 11.9. The van der Waals surface area contributed by atoms with Gasteiger partial charge in [0.2, 0.25) is 0 Å². The van der Waals surface area contributed by atoms with E-state index in [0.717, 1.165) is 11.3 Å². The zero-order valence-electron chi connectivity index (χ0n) is 13.9. The molecule has 6 nitrogen and oxygen atoms in total. The van der Waals surface area contributed by atoms with Crippen molar-refractivity contribution in [3.63, 3.8) is 0 Å². The number of hydrogen-bond donors (Lipinski definition) is 1.